The molecule has 76 valence electrons. The predicted molar refractivity (Wildman–Crippen MR) is 57.5 cm³/mol. The Bertz CT molecular complexity index is 484. The molecule has 0 N–H and O–H groups in total. The maximum Gasteiger partial charge on any atom is 0.185 e. The quantitative estimate of drug-likeness (QED) is 0.771. The number of rotatable bonds is 3. The molecule has 2 heterocycles. The zero-order valence-electron chi connectivity index (χ0n) is 7.51. The van der Waals surface area contributed by atoms with Gasteiger partial charge in [-0.05, 0) is 36.0 Å². The van der Waals surface area contributed by atoms with Gasteiger partial charge in [-0.2, -0.15) is 0 Å². The molecule has 0 amide bonds. The Labute approximate surface area is 95.5 Å². The van der Waals surface area contributed by atoms with Crippen molar-refractivity contribution in [1.82, 2.24) is 4.98 Å². The van der Waals surface area contributed by atoms with E-state index in [4.69, 9.17) is 16.0 Å². The Morgan fingerprint density at radius 2 is 2.27 bits per heavy atom. The van der Waals surface area contributed by atoms with Crippen molar-refractivity contribution in [2.45, 2.75) is 10.1 Å². The second-order valence-electron chi connectivity index (χ2n) is 2.67. The Kier molecular flexibility index (Phi) is 3.08. The van der Waals surface area contributed by atoms with E-state index < -0.39 is 0 Å². The zero-order valence-corrected chi connectivity index (χ0v) is 9.09. The maximum atomic E-state index is 10.4. The number of carbonyl (C=O) groups is 1. The third kappa shape index (κ3) is 2.40. The van der Waals surface area contributed by atoms with Crippen molar-refractivity contribution < 1.29 is 9.21 Å². The van der Waals surface area contributed by atoms with Gasteiger partial charge < -0.3 is 4.42 Å². The van der Waals surface area contributed by atoms with Crippen molar-refractivity contribution in [3.8, 4) is 0 Å². The molecule has 5 heteroatoms. The number of pyridine rings is 1. The Morgan fingerprint density at radius 1 is 1.40 bits per heavy atom. The van der Waals surface area contributed by atoms with E-state index in [0.717, 1.165) is 0 Å². The highest BCUT2D eigenvalue weighted by Gasteiger charge is 2.07. The molecule has 0 atom stereocenters. The van der Waals surface area contributed by atoms with E-state index in [-0.39, 0.29) is 0 Å². The third-order valence-electron chi connectivity index (χ3n) is 1.64. The minimum absolute atomic E-state index is 0.296. The number of halogens is 1. The van der Waals surface area contributed by atoms with Crippen molar-refractivity contribution in [2.75, 3.05) is 0 Å². The molecule has 0 aliphatic heterocycles. The second kappa shape index (κ2) is 4.51. The van der Waals surface area contributed by atoms with Crippen LogP contribution < -0.4 is 0 Å². The highest BCUT2D eigenvalue weighted by Crippen LogP contribution is 2.31. The Morgan fingerprint density at radius 3 is 2.93 bits per heavy atom. The average molecular weight is 240 g/mol. The number of aldehydes is 1. The fraction of sp³-hybridized carbons (Fsp3) is 0. The smallest absolute Gasteiger partial charge is 0.185 e. The molecule has 0 unspecified atom stereocenters. The van der Waals surface area contributed by atoms with Crippen molar-refractivity contribution in [3.63, 3.8) is 0 Å². The molecule has 0 spiro atoms. The summed E-state index contributed by atoms with van der Waals surface area (Å²) in [7, 11) is 0. The van der Waals surface area contributed by atoms with Crippen LogP contribution in [0.25, 0.3) is 0 Å². The summed E-state index contributed by atoms with van der Waals surface area (Å²) in [6, 6.07) is 6.82. The first-order valence-electron chi connectivity index (χ1n) is 4.13. The Hall–Kier alpha value is -1.26. The Balaban J connectivity index is 2.22. The van der Waals surface area contributed by atoms with Crippen LogP contribution in [-0.2, 0) is 0 Å². The van der Waals surface area contributed by atoms with Crippen LogP contribution in [0.4, 0.5) is 0 Å². The first-order chi connectivity index (χ1) is 7.29. The molecule has 0 aromatic carbocycles. The molecule has 0 fully saturated rings. The molecule has 2 aromatic rings. The van der Waals surface area contributed by atoms with E-state index in [9.17, 15) is 4.79 Å². The summed E-state index contributed by atoms with van der Waals surface area (Å²) in [5, 5.41) is 1.82. The largest absolute Gasteiger partial charge is 0.447 e. The van der Waals surface area contributed by atoms with Crippen molar-refractivity contribution in [2.24, 2.45) is 0 Å². The topological polar surface area (TPSA) is 43.1 Å². The minimum atomic E-state index is 0.296. The van der Waals surface area contributed by atoms with E-state index in [1.54, 1.807) is 30.5 Å². The summed E-state index contributed by atoms with van der Waals surface area (Å²) in [5.41, 5.74) is 0. The summed E-state index contributed by atoms with van der Waals surface area (Å²) >= 11 is 7.20. The highest BCUT2D eigenvalue weighted by atomic mass is 35.5. The molecule has 0 bridgehead atoms. The van der Waals surface area contributed by atoms with E-state index in [1.165, 1.54) is 11.8 Å². The van der Waals surface area contributed by atoms with Gasteiger partial charge >= 0.3 is 0 Å². The van der Waals surface area contributed by atoms with Crippen LogP contribution in [0.3, 0.4) is 0 Å². The first-order valence-corrected chi connectivity index (χ1v) is 5.32. The van der Waals surface area contributed by atoms with E-state index in [0.29, 0.717) is 27.2 Å². The molecule has 15 heavy (non-hydrogen) atoms. The number of furan rings is 1. The summed E-state index contributed by atoms with van der Waals surface area (Å²) in [4.78, 5) is 14.5. The van der Waals surface area contributed by atoms with Crippen molar-refractivity contribution in [3.05, 3.63) is 41.2 Å². The normalized spacial score (nSPS) is 10.2. The molecule has 2 rings (SSSR count). The van der Waals surface area contributed by atoms with Gasteiger partial charge in [0, 0.05) is 6.20 Å². The lowest BCUT2D eigenvalue weighted by Gasteiger charge is -1.98. The summed E-state index contributed by atoms with van der Waals surface area (Å²) in [6.07, 6.45) is 2.31. The van der Waals surface area contributed by atoms with Crippen molar-refractivity contribution >= 4 is 29.6 Å². The summed E-state index contributed by atoms with van der Waals surface area (Å²) < 4.78 is 5.19. The van der Waals surface area contributed by atoms with Gasteiger partial charge in [-0.15, -0.1) is 0 Å². The monoisotopic (exact) mass is 239 g/mol. The van der Waals surface area contributed by atoms with Gasteiger partial charge in [0.1, 0.15) is 5.03 Å². The molecule has 2 aromatic heterocycles. The molecular weight excluding hydrogens is 234 g/mol. The average Bonchev–Trinajstić information content (AvgIpc) is 2.69. The van der Waals surface area contributed by atoms with E-state index in [2.05, 4.69) is 4.98 Å². The fourth-order valence-corrected chi connectivity index (χ4v) is 1.98. The third-order valence-corrected chi connectivity index (χ3v) is 3.00. The van der Waals surface area contributed by atoms with Crippen LogP contribution >= 0.6 is 23.4 Å². The van der Waals surface area contributed by atoms with Crippen LogP contribution in [0, 0.1) is 0 Å². The van der Waals surface area contributed by atoms with Crippen LogP contribution in [0.5, 0.6) is 0 Å². The molecule has 0 aliphatic rings. The predicted octanol–water partition coefficient (Wildman–Crippen LogP) is 3.29. The lowest BCUT2D eigenvalue weighted by Crippen LogP contribution is -1.78. The van der Waals surface area contributed by atoms with Crippen molar-refractivity contribution in [1.29, 1.82) is 0 Å². The molecular formula is C10H6ClNO2S. The van der Waals surface area contributed by atoms with Gasteiger partial charge in [0.25, 0.3) is 0 Å². The number of carbonyl (C=O) groups excluding carboxylic acids is 1. The van der Waals surface area contributed by atoms with Gasteiger partial charge in [0.2, 0.25) is 0 Å². The molecule has 0 saturated heterocycles. The maximum absolute atomic E-state index is 10.4. The lowest BCUT2D eigenvalue weighted by atomic mass is 10.5. The fourth-order valence-electron chi connectivity index (χ4n) is 0.994. The summed E-state index contributed by atoms with van der Waals surface area (Å²) in [6.45, 7) is 0. The van der Waals surface area contributed by atoms with E-state index in [1.807, 2.05) is 0 Å². The van der Waals surface area contributed by atoms with Gasteiger partial charge in [-0.3, -0.25) is 4.79 Å². The molecule has 0 saturated carbocycles. The standard InChI is InChI=1S/C10H6ClNO2S/c11-8-2-1-5-12-10(8)15-9-4-3-7(6-13)14-9/h1-6H. The van der Waals surface area contributed by atoms with E-state index >= 15 is 0 Å². The van der Waals surface area contributed by atoms with Crippen LogP contribution in [0.15, 0.2) is 45.0 Å². The number of aromatic nitrogens is 1. The zero-order chi connectivity index (χ0) is 10.7. The first kappa shape index (κ1) is 10.3. The minimum Gasteiger partial charge on any atom is -0.447 e. The van der Waals surface area contributed by atoms with Crippen LogP contribution in [0.1, 0.15) is 10.6 Å². The highest BCUT2D eigenvalue weighted by molar-refractivity contribution is 7.99. The number of hydrogen-bond acceptors (Lipinski definition) is 4. The molecule has 3 nitrogen and oxygen atoms in total. The summed E-state index contributed by atoms with van der Waals surface area (Å²) in [5.74, 6) is 0.296. The molecule has 0 aliphatic carbocycles. The second-order valence-corrected chi connectivity index (χ2v) is 4.07. The van der Waals surface area contributed by atoms with Gasteiger partial charge in [-0.25, -0.2) is 4.98 Å². The molecule has 0 radical (unpaired) electrons. The number of hydrogen-bond donors (Lipinski definition) is 0. The van der Waals surface area contributed by atoms with Gasteiger partial charge in [-0.1, -0.05) is 11.6 Å². The number of nitrogens with zero attached hydrogens (tertiary/aromatic N) is 1. The SMILES string of the molecule is O=Cc1ccc(Sc2ncccc2Cl)o1. The van der Waals surface area contributed by atoms with Crippen LogP contribution in [0.2, 0.25) is 5.02 Å². The van der Waals surface area contributed by atoms with Crippen LogP contribution in [-0.4, -0.2) is 11.3 Å². The van der Waals surface area contributed by atoms with Gasteiger partial charge in [0.05, 0.1) is 5.02 Å². The van der Waals surface area contributed by atoms with Gasteiger partial charge in [0.15, 0.2) is 17.1 Å². The lowest BCUT2D eigenvalue weighted by molar-refractivity contribution is 0.109.